The second-order valence-corrected chi connectivity index (χ2v) is 5.90. The molecule has 2 N–H and O–H groups in total. The van der Waals surface area contributed by atoms with E-state index in [1.165, 1.54) is 0 Å². The van der Waals surface area contributed by atoms with Crippen molar-refractivity contribution in [3.05, 3.63) is 48.8 Å². The Balaban J connectivity index is 1.48. The summed E-state index contributed by atoms with van der Waals surface area (Å²) in [6, 6.07) is 5.37. The Kier molecular flexibility index (Phi) is 5.62. The van der Waals surface area contributed by atoms with E-state index in [2.05, 4.69) is 37.2 Å². The van der Waals surface area contributed by atoms with Crippen molar-refractivity contribution in [1.29, 1.82) is 0 Å². The molecule has 0 aliphatic carbocycles. The first kappa shape index (κ1) is 17.7. The normalized spacial score (nSPS) is 10.7. The minimum Gasteiger partial charge on any atom is -0.338 e. The van der Waals surface area contributed by atoms with Crippen molar-refractivity contribution in [3.63, 3.8) is 0 Å². The molecule has 0 aromatic carbocycles. The van der Waals surface area contributed by atoms with Crippen LogP contribution in [0.4, 0.5) is 10.6 Å². The fourth-order valence-corrected chi connectivity index (χ4v) is 2.71. The quantitative estimate of drug-likeness (QED) is 0.639. The highest BCUT2D eigenvalue weighted by Gasteiger charge is 2.10. The molecule has 8 nitrogen and oxygen atoms in total. The van der Waals surface area contributed by atoms with Gasteiger partial charge in [-0.15, -0.1) is 0 Å². The molecule has 136 valence electrons. The monoisotopic (exact) mass is 353 g/mol. The maximum atomic E-state index is 12.1. The van der Waals surface area contributed by atoms with E-state index in [1.54, 1.807) is 30.3 Å². The van der Waals surface area contributed by atoms with Crippen LogP contribution in [0.5, 0.6) is 0 Å². The van der Waals surface area contributed by atoms with Gasteiger partial charge in [-0.1, -0.05) is 6.92 Å². The third-order valence-electron chi connectivity index (χ3n) is 4.06. The molecule has 0 aliphatic heterocycles. The van der Waals surface area contributed by atoms with Crippen molar-refractivity contribution in [2.75, 3.05) is 11.9 Å². The van der Waals surface area contributed by atoms with Crippen LogP contribution >= 0.6 is 0 Å². The molecule has 0 radical (unpaired) electrons. The molecule has 0 fully saturated rings. The lowest BCUT2D eigenvalue weighted by Crippen LogP contribution is -2.30. The van der Waals surface area contributed by atoms with E-state index in [-0.39, 0.29) is 6.03 Å². The number of hydrogen-bond donors (Lipinski definition) is 2. The van der Waals surface area contributed by atoms with Crippen molar-refractivity contribution in [1.82, 2.24) is 29.6 Å². The van der Waals surface area contributed by atoms with Crippen molar-refractivity contribution >= 4 is 11.8 Å². The minimum atomic E-state index is -0.243. The lowest BCUT2D eigenvalue weighted by Gasteiger charge is -2.09. The Morgan fingerprint density at radius 3 is 2.96 bits per heavy atom. The Labute approximate surface area is 152 Å². The second-order valence-electron chi connectivity index (χ2n) is 5.90. The van der Waals surface area contributed by atoms with Gasteiger partial charge in [-0.25, -0.2) is 9.78 Å². The molecule has 0 atom stereocenters. The van der Waals surface area contributed by atoms with Gasteiger partial charge in [-0.05, 0) is 18.6 Å². The van der Waals surface area contributed by atoms with Crippen LogP contribution in [-0.4, -0.2) is 36.9 Å². The first-order valence-electron chi connectivity index (χ1n) is 8.66. The largest absolute Gasteiger partial charge is 0.338 e. The summed E-state index contributed by atoms with van der Waals surface area (Å²) in [5.41, 5.74) is 1.67. The lowest BCUT2D eigenvalue weighted by molar-refractivity contribution is 0.251. The van der Waals surface area contributed by atoms with Crippen LogP contribution in [0.2, 0.25) is 0 Å². The van der Waals surface area contributed by atoms with Crippen LogP contribution < -0.4 is 10.6 Å². The van der Waals surface area contributed by atoms with Gasteiger partial charge >= 0.3 is 6.03 Å². The molecule has 0 spiro atoms. The molecular formula is C18H23N7O. The van der Waals surface area contributed by atoms with Crippen LogP contribution in [-0.2, 0) is 20.0 Å². The minimum absolute atomic E-state index is 0.243. The van der Waals surface area contributed by atoms with Gasteiger partial charge in [-0.2, -0.15) is 5.10 Å². The zero-order valence-corrected chi connectivity index (χ0v) is 15.0. The third-order valence-corrected chi connectivity index (χ3v) is 4.06. The number of aryl methyl sites for hydroxylation is 3. The Bertz CT molecular complexity index is 854. The predicted molar refractivity (Wildman–Crippen MR) is 99.7 cm³/mol. The van der Waals surface area contributed by atoms with Gasteiger partial charge in [0.2, 0.25) is 0 Å². The third kappa shape index (κ3) is 4.27. The number of nitrogens with zero attached hydrogens (tertiary/aromatic N) is 5. The van der Waals surface area contributed by atoms with Crippen LogP contribution in [0, 0.1) is 0 Å². The van der Waals surface area contributed by atoms with Crippen molar-refractivity contribution in [2.24, 2.45) is 7.05 Å². The van der Waals surface area contributed by atoms with Crippen molar-refractivity contribution < 1.29 is 4.79 Å². The Morgan fingerprint density at radius 2 is 2.19 bits per heavy atom. The van der Waals surface area contributed by atoms with E-state index in [1.807, 2.05) is 24.4 Å². The van der Waals surface area contributed by atoms with E-state index >= 15 is 0 Å². The first-order chi connectivity index (χ1) is 12.7. The van der Waals surface area contributed by atoms with E-state index in [4.69, 9.17) is 0 Å². The number of hydrogen-bond acceptors (Lipinski definition) is 4. The van der Waals surface area contributed by atoms with Crippen molar-refractivity contribution in [2.45, 2.75) is 26.3 Å². The molecule has 3 aromatic rings. The lowest BCUT2D eigenvalue weighted by atomic mass is 10.2. The molecule has 0 unspecified atom stereocenters. The van der Waals surface area contributed by atoms with E-state index in [9.17, 15) is 4.79 Å². The summed E-state index contributed by atoms with van der Waals surface area (Å²) in [7, 11) is 1.79. The summed E-state index contributed by atoms with van der Waals surface area (Å²) in [5.74, 6) is 1.69. The average Bonchev–Trinajstić information content (AvgIpc) is 3.26. The van der Waals surface area contributed by atoms with Gasteiger partial charge < -0.3 is 9.88 Å². The smallest absolute Gasteiger partial charge is 0.320 e. The number of anilines is 1. The number of carbonyl (C=O) groups excluding carboxylic acids is 1. The molecule has 3 aromatic heterocycles. The molecule has 0 aliphatic rings. The fraction of sp³-hybridized carbons (Fsp3) is 0.333. The standard InChI is InChI=1S/C18H23N7O/c1-3-16-20-9-11-25(16)10-5-8-21-18(26)22-17-12-15(23-24(17)2)14-6-4-7-19-13-14/h4,6-7,9,11-13H,3,5,8,10H2,1-2H3,(H2,21,22,26). The summed E-state index contributed by atoms with van der Waals surface area (Å²) in [6.45, 7) is 3.50. The molecule has 3 heterocycles. The highest BCUT2D eigenvalue weighted by Crippen LogP contribution is 2.20. The zero-order valence-electron chi connectivity index (χ0n) is 15.0. The van der Waals surface area contributed by atoms with Crippen LogP contribution in [0.1, 0.15) is 19.2 Å². The molecule has 3 rings (SSSR count). The second kappa shape index (κ2) is 8.28. The number of amides is 2. The first-order valence-corrected chi connectivity index (χ1v) is 8.66. The maximum Gasteiger partial charge on any atom is 0.320 e. The van der Waals surface area contributed by atoms with Crippen LogP contribution in [0.3, 0.4) is 0 Å². The topological polar surface area (TPSA) is 89.7 Å². The number of imidazole rings is 1. The summed E-state index contributed by atoms with van der Waals surface area (Å²) in [4.78, 5) is 20.5. The van der Waals surface area contributed by atoms with Gasteiger partial charge in [-0.3, -0.25) is 15.0 Å². The van der Waals surface area contributed by atoms with Gasteiger partial charge in [0.1, 0.15) is 11.6 Å². The molecule has 2 amide bonds. The average molecular weight is 353 g/mol. The zero-order chi connectivity index (χ0) is 18.4. The molecule has 26 heavy (non-hydrogen) atoms. The Morgan fingerprint density at radius 1 is 1.31 bits per heavy atom. The van der Waals surface area contributed by atoms with Crippen LogP contribution in [0.25, 0.3) is 11.3 Å². The van der Waals surface area contributed by atoms with Gasteiger partial charge in [0.25, 0.3) is 0 Å². The van der Waals surface area contributed by atoms with Gasteiger partial charge in [0, 0.05) is 63.0 Å². The SMILES string of the molecule is CCc1nccn1CCCNC(=O)Nc1cc(-c2cccnc2)nn1C. The number of nitrogens with one attached hydrogen (secondary N) is 2. The molecule has 8 heteroatoms. The van der Waals surface area contributed by atoms with Crippen LogP contribution in [0.15, 0.2) is 43.0 Å². The van der Waals surface area contributed by atoms with Gasteiger partial charge in [0.15, 0.2) is 0 Å². The fourth-order valence-electron chi connectivity index (χ4n) is 2.71. The summed E-state index contributed by atoms with van der Waals surface area (Å²) >= 11 is 0. The van der Waals surface area contributed by atoms with Gasteiger partial charge in [0.05, 0.1) is 5.69 Å². The van der Waals surface area contributed by atoms with E-state index < -0.39 is 0 Å². The van der Waals surface area contributed by atoms with Crippen molar-refractivity contribution in [3.8, 4) is 11.3 Å². The summed E-state index contributed by atoms with van der Waals surface area (Å²) < 4.78 is 3.75. The number of urea groups is 1. The highest BCUT2D eigenvalue weighted by molar-refractivity contribution is 5.89. The summed E-state index contributed by atoms with van der Waals surface area (Å²) in [6.07, 6.45) is 8.97. The highest BCUT2D eigenvalue weighted by atomic mass is 16.2. The Hall–Kier alpha value is -3.16. The molecular weight excluding hydrogens is 330 g/mol. The molecule has 0 saturated heterocycles. The number of carbonyl (C=O) groups is 1. The van der Waals surface area contributed by atoms with E-state index in [0.717, 1.165) is 36.5 Å². The number of pyridine rings is 1. The maximum absolute atomic E-state index is 12.1. The molecule has 0 bridgehead atoms. The van der Waals surface area contributed by atoms with E-state index in [0.29, 0.717) is 12.4 Å². The predicted octanol–water partition coefficient (Wildman–Crippen LogP) is 2.45. The molecule has 0 saturated carbocycles. The number of aromatic nitrogens is 5. The number of rotatable bonds is 7. The summed E-state index contributed by atoms with van der Waals surface area (Å²) in [5, 5.41) is 10.1.